The number of benzene rings is 2. The van der Waals surface area contributed by atoms with Crippen LogP contribution in [0.2, 0.25) is 0 Å². The van der Waals surface area contributed by atoms with E-state index < -0.39 is 0 Å². The van der Waals surface area contributed by atoms with E-state index in [0.29, 0.717) is 34.5 Å². The van der Waals surface area contributed by atoms with Crippen molar-refractivity contribution in [2.45, 2.75) is 24.9 Å². The highest BCUT2D eigenvalue weighted by Crippen LogP contribution is 2.24. The maximum Gasteiger partial charge on any atom is 0.261 e. The van der Waals surface area contributed by atoms with Gasteiger partial charge in [-0.25, -0.2) is 0 Å². The van der Waals surface area contributed by atoms with Gasteiger partial charge >= 0.3 is 0 Å². The van der Waals surface area contributed by atoms with Crippen molar-refractivity contribution >= 4 is 23.6 Å². The Hall–Kier alpha value is -3.00. The highest BCUT2D eigenvalue weighted by molar-refractivity contribution is 7.99. The van der Waals surface area contributed by atoms with E-state index in [0.717, 1.165) is 5.69 Å². The minimum absolute atomic E-state index is 0.245. The molecule has 0 fully saturated rings. The third-order valence-electron chi connectivity index (χ3n) is 4.67. The lowest BCUT2D eigenvalue weighted by atomic mass is 10.0. The van der Waals surface area contributed by atoms with Crippen molar-refractivity contribution in [2.75, 3.05) is 12.3 Å². The van der Waals surface area contributed by atoms with Gasteiger partial charge in [-0.3, -0.25) is 14.5 Å². The molecular formula is C20H19N5O2S. The van der Waals surface area contributed by atoms with Crippen LogP contribution < -0.4 is 0 Å². The molecule has 0 bridgehead atoms. The molecule has 142 valence electrons. The summed E-state index contributed by atoms with van der Waals surface area (Å²) in [5.74, 6) is 0.474. The maximum atomic E-state index is 12.4. The van der Waals surface area contributed by atoms with Gasteiger partial charge in [0, 0.05) is 12.3 Å². The molecule has 0 saturated heterocycles. The second-order valence-electron chi connectivity index (χ2n) is 6.78. The van der Waals surface area contributed by atoms with Crippen LogP contribution in [0.1, 0.15) is 46.0 Å². The Balaban J connectivity index is 1.43. The Kier molecular flexibility index (Phi) is 4.95. The molecular weight excluding hydrogens is 374 g/mol. The number of nitrogens with zero attached hydrogens (tertiary/aromatic N) is 5. The van der Waals surface area contributed by atoms with Crippen LogP contribution in [-0.4, -0.2) is 49.2 Å². The fourth-order valence-electron chi connectivity index (χ4n) is 3.10. The quantitative estimate of drug-likeness (QED) is 0.473. The zero-order chi connectivity index (χ0) is 19.7. The van der Waals surface area contributed by atoms with Gasteiger partial charge < -0.3 is 0 Å². The van der Waals surface area contributed by atoms with Crippen LogP contribution in [0, 0.1) is 0 Å². The average molecular weight is 393 g/mol. The lowest BCUT2D eigenvalue weighted by Gasteiger charge is -2.13. The fourth-order valence-corrected chi connectivity index (χ4v) is 3.92. The lowest BCUT2D eigenvalue weighted by molar-refractivity contribution is 0.0664. The molecule has 0 spiro atoms. The SMILES string of the molecule is CC(C)c1ccc(-n2nnnc2SCCN2C(=O)c3ccccc3C2=O)cc1. The normalized spacial score (nSPS) is 13.5. The number of fused-ring (bicyclic) bond motifs is 1. The number of aromatic nitrogens is 4. The van der Waals surface area contributed by atoms with Crippen LogP contribution in [0.15, 0.2) is 53.7 Å². The van der Waals surface area contributed by atoms with Crippen LogP contribution in [-0.2, 0) is 0 Å². The number of thioether (sulfide) groups is 1. The minimum atomic E-state index is -0.245. The molecule has 0 N–H and O–H groups in total. The highest BCUT2D eigenvalue weighted by atomic mass is 32.2. The standard InChI is InChI=1S/C20H19N5O2S/c1-13(2)14-7-9-15(10-8-14)25-20(21-22-23-25)28-12-11-24-18(26)16-5-3-4-6-17(16)19(24)27/h3-10,13H,11-12H2,1-2H3. The van der Waals surface area contributed by atoms with Crippen molar-refractivity contribution in [3.63, 3.8) is 0 Å². The Morgan fingerprint density at radius 1 is 0.964 bits per heavy atom. The van der Waals surface area contributed by atoms with Gasteiger partial charge in [0.05, 0.1) is 16.8 Å². The minimum Gasteiger partial charge on any atom is -0.273 e. The Morgan fingerprint density at radius 3 is 2.21 bits per heavy atom. The molecule has 0 radical (unpaired) electrons. The van der Waals surface area contributed by atoms with Gasteiger partial charge in [0.25, 0.3) is 11.8 Å². The van der Waals surface area contributed by atoms with Gasteiger partial charge in [0.15, 0.2) is 0 Å². The molecule has 0 aliphatic carbocycles. The second-order valence-corrected chi connectivity index (χ2v) is 7.84. The van der Waals surface area contributed by atoms with E-state index in [4.69, 9.17) is 0 Å². The summed E-state index contributed by atoms with van der Waals surface area (Å²) in [7, 11) is 0. The van der Waals surface area contributed by atoms with Gasteiger partial charge in [0.1, 0.15) is 0 Å². The number of rotatable bonds is 6. The summed E-state index contributed by atoms with van der Waals surface area (Å²) in [6.07, 6.45) is 0. The summed E-state index contributed by atoms with van der Waals surface area (Å²) in [5.41, 5.74) is 3.05. The van der Waals surface area contributed by atoms with Gasteiger partial charge in [-0.05, 0) is 46.2 Å². The molecule has 4 rings (SSSR count). The zero-order valence-electron chi connectivity index (χ0n) is 15.6. The van der Waals surface area contributed by atoms with Crippen LogP contribution in [0.4, 0.5) is 0 Å². The largest absolute Gasteiger partial charge is 0.273 e. The van der Waals surface area contributed by atoms with E-state index in [2.05, 4.69) is 41.5 Å². The molecule has 2 amide bonds. The molecule has 0 unspecified atom stereocenters. The summed E-state index contributed by atoms with van der Waals surface area (Å²) < 4.78 is 1.66. The van der Waals surface area contributed by atoms with Crippen LogP contribution in [0.3, 0.4) is 0 Å². The lowest BCUT2D eigenvalue weighted by Crippen LogP contribution is -2.31. The molecule has 28 heavy (non-hydrogen) atoms. The number of hydrogen-bond donors (Lipinski definition) is 0. The molecule has 1 aliphatic heterocycles. The molecule has 0 atom stereocenters. The maximum absolute atomic E-state index is 12.4. The summed E-state index contributed by atoms with van der Waals surface area (Å²) >= 11 is 1.41. The van der Waals surface area contributed by atoms with Crippen molar-refractivity contribution in [1.82, 2.24) is 25.1 Å². The highest BCUT2D eigenvalue weighted by Gasteiger charge is 2.34. The van der Waals surface area contributed by atoms with Crippen molar-refractivity contribution in [2.24, 2.45) is 0 Å². The molecule has 2 aromatic carbocycles. The monoisotopic (exact) mass is 393 g/mol. The van der Waals surface area contributed by atoms with Crippen molar-refractivity contribution in [1.29, 1.82) is 0 Å². The number of carbonyl (C=O) groups is 2. The number of amides is 2. The van der Waals surface area contributed by atoms with Gasteiger partial charge in [-0.1, -0.05) is 49.9 Å². The molecule has 3 aromatic rings. The smallest absolute Gasteiger partial charge is 0.261 e. The van der Waals surface area contributed by atoms with Crippen molar-refractivity contribution < 1.29 is 9.59 Å². The molecule has 2 heterocycles. The Morgan fingerprint density at radius 2 is 1.61 bits per heavy atom. The third kappa shape index (κ3) is 3.31. The first-order valence-electron chi connectivity index (χ1n) is 9.03. The summed E-state index contributed by atoms with van der Waals surface area (Å²) in [6.45, 7) is 4.59. The molecule has 8 heteroatoms. The van der Waals surface area contributed by atoms with E-state index in [1.165, 1.54) is 22.2 Å². The molecule has 0 saturated carbocycles. The second kappa shape index (κ2) is 7.55. The average Bonchev–Trinajstić information content (AvgIpc) is 3.27. The van der Waals surface area contributed by atoms with E-state index in [1.807, 2.05) is 12.1 Å². The van der Waals surface area contributed by atoms with E-state index in [1.54, 1.807) is 28.9 Å². The topological polar surface area (TPSA) is 81.0 Å². The predicted molar refractivity (Wildman–Crippen MR) is 106 cm³/mol. The van der Waals surface area contributed by atoms with Crippen molar-refractivity contribution in [3.8, 4) is 5.69 Å². The van der Waals surface area contributed by atoms with Gasteiger partial charge in [-0.15, -0.1) is 5.10 Å². The predicted octanol–water partition coefficient (Wildman–Crippen LogP) is 3.17. The van der Waals surface area contributed by atoms with Gasteiger partial charge in [0.2, 0.25) is 5.16 Å². The Bertz CT molecular complexity index is 994. The summed E-state index contributed by atoms with van der Waals surface area (Å²) in [5, 5.41) is 12.5. The first-order valence-corrected chi connectivity index (χ1v) is 10.0. The molecule has 1 aromatic heterocycles. The number of hydrogen-bond acceptors (Lipinski definition) is 6. The van der Waals surface area contributed by atoms with Crippen LogP contribution >= 0.6 is 11.8 Å². The number of tetrazole rings is 1. The molecule has 7 nitrogen and oxygen atoms in total. The third-order valence-corrected chi connectivity index (χ3v) is 5.57. The van der Waals surface area contributed by atoms with Gasteiger partial charge in [-0.2, -0.15) is 4.68 Å². The number of carbonyl (C=O) groups excluding carboxylic acids is 2. The van der Waals surface area contributed by atoms with E-state index in [9.17, 15) is 9.59 Å². The molecule has 1 aliphatic rings. The first kappa shape index (κ1) is 18.4. The number of imide groups is 1. The summed E-state index contributed by atoms with van der Waals surface area (Å²) in [4.78, 5) is 26.1. The van der Waals surface area contributed by atoms with Crippen LogP contribution in [0.25, 0.3) is 5.69 Å². The Labute approximate surface area is 166 Å². The first-order chi connectivity index (χ1) is 13.6. The zero-order valence-corrected chi connectivity index (χ0v) is 16.4. The van der Waals surface area contributed by atoms with Crippen molar-refractivity contribution in [3.05, 3.63) is 65.2 Å². The van der Waals surface area contributed by atoms with E-state index >= 15 is 0 Å². The van der Waals surface area contributed by atoms with E-state index in [-0.39, 0.29) is 11.8 Å². The fraction of sp³-hybridized carbons (Fsp3) is 0.250. The van der Waals surface area contributed by atoms with Crippen LogP contribution in [0.5, 0.6) is 0 Å². The summed E-state index contributed by atoms with van der Waals surface area (Å²) in [6, 6.07) is 15.0.